The van der Waals surface area contributed by atoms with Gasteiger partial charge in [-0.25, -0.2) is 4.39 Å². The average Bonchev–Trinajstić information content (AvgIpc) is 2.55. The van der Waals surface area contributed by atoms with Gasteiger partial charge in [-0.2, -0.15) is 0 Å². The molecule has 2 unspecified atom stereocenters. The average molecular weight is 315 g/mol. The summed E-state index contributed by atoms with van der Waals surface area (Å²) in [5.74, 6) is -0.475. The third kappa shape index (κ3) is 5.18. The summed E-state index contributed by atoms with van der Waals surface area (Å²) in [4.78, 5) is 12.3. The quantitative estimate of drug-likeness (QED) is 0.821. The standard InChI is InChI=1S/C19H22FNO2/c1-14(16-8-5-9-17(20)13-16)12-19(23)21-18(10-11-22)15-6-3-2-4-7-15/h2-9,13-14,18,22H,10-12H2,1H3,(H,21,23). The van der Waals surface area contributed by atoms with Crippen LogP contribution in [0.5, 0.6) is 0 Å². The zero-order valence-corrected chi connectivity index (χ0v) is 13.2. The summed E-state index contributed by atoms with van der Waals surface area (Å²) >= 11 is 0. The summed E-state index contributed by atoms with van der Waals surface area (Å²) in [7, 11) is 0. The first-order valence-corrected chi connectivity index (χ1v) is 7.80. The largest absolute Gasteiger partial charge is 0.396 e. The van der Waals surface area contributed by atoms with Gasteiger partial charge in [0.2, 0.25) is 5.91 Å². The van der Waals surface area contributed by atoms with Crippen LogP contribution in [0.15, 0.2) is 54.6 Å². The molecule has 0 saturated carbocycles. The molecule has 2 aromatic carbocycles. The van der Waals surface area contributed by atoms with Gasteiger partial charge < -0.3 is 10.4 Å². The van der Waals surface area contributed by atoms with Crippen molar-refractivity contribution in [2.45, 2.75) is 31.7 Å². The van der Waals surface area contributed by atoms with Crippen molar-refractivity contribution in [3.05, 3.63) is 71.5 Å². The zero-order valence-electron chi connectivity index (χ0n) is 13.2. The Hall–Kier alpha value is -2.20. The molecule has 2 N–H and O–H groups in total. The van der Waals surface area contributed by atoms with E-state index in [4.69, 9.17) is 0 Å². The lowest BCUT2D eigenvalue weighted by molar-refractivity contribution is -0.122. The zero-order chi connectivity index (χ0) is 16.7. The van der Waals surface area contributed by atoms with Crippen LogP contribution in [-0.2, 0) is 4.79 Å². The van der Waals surface area contributed by atoms with E-state index >= 15 is 0 Å². The lowest BCUT2D eigenvalue weighted by Gasteiger charge is -2.20. The summed E-state index contributed by atoms with van der Waals surface area (Å²) in [5, 5.41) is 12.2. The number of carbonyl (C=O) groups excluding carboxylic acids is 1. The Morgan fingerprint density at radius 2 is 1.83 bits per heavy atom. The van der Waals surface area contributed by atoms with Crippen LogP contribution < -0.4 is 5.32 Å². The molecule has 3 nitrogen and oxygen atoms in total. The molecule has 0 bridgehead atoms. The number of aliphatic hydroxyl groups excluding tert-OH is 1. The Morgan fingerprint density at radius 3 is 2.48 bits per heavy atom. The second-order valence-corrected chi connectivity index (χ2v) is 5.70. The van der Waals surface area contributed by atoms with Gasteiger partial charge >= 0.3 is 0 Å². The highest BCUT2D eigenvalue weighted by Gasteiger charge is 2.17. The van der Waals surface area contributed by atoms with Gasteiger partial charge in [0.15, 0.2) is 0 Å². The van der Waals surface area contributed by atoms with Crippen LogP contribution in [0.4, 0.5) is 4.39 Å². The normalized spacial score (nSPS) is 13.3. The highest BCUT2D eigenvalue weighted by Crippen LogP contribution is 2.21. The van der Waals surface area contributed by atoms with Gasteiger partial charge in [-0.1, -0.05) is 49.4 Å². The molecule has 1 amide bonds. The third-order valence-electron chi connectivity index (χ3n) is 3.86. The predicted octanol–water partition coefficient (Wildman–Crippen LogP) is 3.56. The summed E-state index contributed by atoms with van der Waals surface area (Å²) in [6.45, 7) is 1.90. The first kappa shape index (κ1) is 17.2. The van der Waals surface area contributed by atoms with Crippen LogP contribution in [0, 0.1) is 5.82 Å². The number of nitrogens with one attached hydrogen (secondary N) is 1. The molecule has 0 radical (unpaired) electrons. The Balaban J connectivity index is 1.99. The second-order valence-electron chi connectivity index (χ2n) is 5.70. The van der Waals surface area contributed by atoms with E-state index in [1.165, 1.54) is 12.1 Å². The Labute approximate surface area is 136 Å². The molecule has 0 aromatic heterocycles. The highest BCUT2D eigenvalue weighted by molar-refractivity contribution is 5.77. The molecule has 23 heavy (non-hydrogen) atoms. The van der Waals surface area contributed by atoms with Crippen molar-refractivity contribution < 1.29 is 14.3 Å². The maximum Gasteiger partial charge on any atom is 0.221 e. The lowest BCUT2D eigenvalue weighted by atomic mass is 9.96. The van der Waals surface area contributed by atoms with E-state index in [2.05, 4.69) is 5.32 Å². The Morgan fingerprint density at radius 1 is 1.13 bits per heavy atom. The van der Waals surface area contributed by atoms with Crippen LogP contribution in [0.1, 0.15) is 42.9 Å². The number of amides is 1. The molecule has 0 fully saturated rings. The van der Waals surface area contributed by atoms with E-state index in [-0.39, 0.29) is 36.7 Å². The van der Waals surface area contributed by atoms with Crippen molar-refractivity contribution in [2.75, 3.05) is 6.61 Å². The molecular formula is C19H22FNO2. The van der Waals surface area contributed by atoms with Gasteiger partial charge in [-0.3, -0.25) is 4.79 Å². The van der Waals surface area contributed by atoms with E-state index in [1.807, 2.05) is 43.3 Å². The van der Waals surface area contributed by atoms with E-state index in [9.17, 15) is 14.3 Å². The molecule has 0 aliphatic carbocycles. The summed E-state index contributed by atoms with van der Waals surface area (Å²) in [6, 6.07) is 15.7. The van der Waals surface area contributed by atoms with Crippen molar-refractivity contribution >= 4 is 5.91 Å². The fraction of sp³-hybridized carbons (Fsp3) is 0.316. The molecule has 0 aliphatic rings. The minimum atomic E-state index is -0.294. The summed E-state index contributed by atoms with van der Waals surface area (Å²) < 4.78 is 13.3. The van der Waals surface area contributed by atoms with E-state index < -0.39 is 0 Å². The molecule has 4 heteroatoms. The van der Waals surface area contributed by atoms with Crippen molar-refractivity contribution in [1.29, 1.82) is 0 Å². The monoisotopic (exact) mass is 315 g/mol. The highest BCUT2D eigenvalue weighted by atomic mass is 19.1. The molecule has 0 spiro atoms. The van der Waals surface area contributed by atoms with Crippen molar-refractivity contribution in [3.63, 3.8) is 0 Å². The SMILES string of the molecule is CC(CC(=O)NC(CCO)c1ccccc1)c1cccc(F)c1. The summed E-state index contributed by atoms with van der Waals surface area (Å²) in [5.41, 5.74) is 1.77. The smallest absolute Gasteiger partial charge is 0.221 e. The number of carbonyl (C=O) groups is 1. The van der Waals surface area contributed by atoms with Crippen LogP contribution in [-0.4, -0.2) is 17.6 Å². The second kappa shape index (κ2) is 8.44. The molecule has 122 valence electrons. The van der Waals surface area contributed by atoms with E-state index in [0.717, 1.165) is 11.1 Å². The van der Waals surface area contributed by atoms with Gasteiger partial charge in [0.25, 0.3) is 0 Å². The minimum Gasteiger partial charge on any atom is -0.396 e. The first-order chi connectivity index (χ1) is 11.1. The van der Waals surface area contributed by atoms with Crippen molar-refractivity contribution in [1.82, 2.24) is 5.32 Å². The Bertz CT molecular complexity index is 630. The maximum absolute atomic E-state index is 13.3. The molecule has 2 atom stereocenters. The molecule has 2 aromatic rings. The van der Waals surface area contributed by atoms with Crippen LogP contribution in [0.3, 0.4) is 0 Å². The molecule has 0 heterocycles. The number of hydrogen-bond donors (Lipinski definition) is 2. The van der Waals surface area contributed by atoms with Gasteiger partial charge in [-0.05, 0) is 35.6 Å². The van der Waals surface area contributed by atoms with Crippen molar-refractivity contribution in [3.8, 4) is 0 Å². The van der Waals surface area contributed by atoms with Crippen molar-refractivity contribution in [2.24, 2.45) is 0 Å². The fourth-order valence-electron chi connectivity index (χ4n) is 2.60. The molecule has 2 rings (SSSR count). The topological polar surface area (TPSA) is 49.3 Å². The van der Waals surface area contributed by atoms with E-state index in [0.29, 0.717) is 6.42 Å². The molecule has 0 saturated heterocycles. The number of halogens is 1. The van der Waals surface area contributed by atoms with E-state index in [1.54, 1.807) is 6.07 Å². The number of aliphatic hydroxyl groups is 1. The minimum absolute atomic E-state index is 0.000703. The van der Waals surface area contributed by atoms with Crippen LogP contribution >= 0.6 is 0 Å². The molecule has 0 aliphatic heterocycles. The first-order valence-electron chi connectivity index (χ1n) is 7.80. The fourth-order valence-corrected chi connectivity index (χ4v) is 2.60. The van der Waals surface area contributed by atoms with Crippen LogP contribution in [0.2, 0.25) is 0 Å². The number of benzene rings is 2. The predicted molar refractivity (Wildman–Crippen MR) is 88.5 cm³/mol. The number of rotatable bonds is 7. The van der Waals surface area contributed by atoms with Gasteiger partial charge in [0, 0.05) is 13.0 Å². The maximum atomic E-state index is 13.3. The Kier molecular flexibility index (Phi) is 6.29. The third-order valence-corrected chi connectivity index (χ3v) is 3.86. The number of hydrogen-bond acceptors (Lipinski definition) is 2. The van der Waals surface area contributed by atoms with Gasteiger partial charge in [0.05, 0.1) is 6.04 Å². The summed E-state index contributed by atoms with van der Waals surface area (Å²) in [6.07, 6.45) is 0.738. The van der Waals surface area contributed by atoms with Gasteiger partial charge in [-0.15, -0.1) is 0 Å². The van der Waals surface area contributed by atoms with Gasteiger partial charge in [0.1, 0.15) is 5.82 Å². The molecular weight excluding hydrogens is 293 g/mol. The lowest BCUT2D eigenvalue weighted by Crippen LogP contribution is -2.30. The van der Waals surface area contributed by atoms with Crippen LogP contribution in [0.25, 0.3) is 0 Å².